The van der Waals surface area contributed by atoms with Crippen molar-refractivity contribution in [3.8, 4) is 28.5 Å². The number of hydrogen-bond donors (Lipinski definition) is 1. The van der Waals surface area contributed by atoms with E-state index in [2.05, 4.69) is 50.7 Å². The third-order valence-corrected chi connectivity index (χ3v) is 7.37. The standard InChI is InChI=1S/C32H38N4O4/c1-37-19-4-20-40-27-9-5-23(6-10-27)22-36-17-15-25(16-18-36)33-32-30-21-28(39-3)13-14-29(30)31(34-35-32)24-7-11-26(38-2)12-8-24/h5-14,21,25H,4,15-20,22H2,1-3H3,(H,33,35). The highest BCUT2D eigenvalue weighted by Crippen LogP contribution is 2.34. The second kappa shape index (κ2) is 13.5. The lowest BCUT2D eigenvalue weighted by atomic mass is 10.0. The van der Waals surface area contributed by atoms with Crippen LogP contribution in [0.5, 0.6) is 17.2 Å². The van der Waals surface area contributed by atoms with Gasteiger partial charge in [-0.15, -0.1) is 10.2 Å². The Morgan fingerprint density at radius 2 is 1.48 bits per heavy atom. The lowest BCUT2D eigenvalue weighted by Crippen LogP contribution is -2.38. The van der Waals surface area contributed by atoms with Gasteiger partial charge in [0.15, 0.2) is 5.82 Å². The van der Waals surface area contributed by atoms with E-state index < -0.39 is 0 Å². The number of hydrogen-bond acceptors (Lipinski definition) is 8. The Balaban J connectivity index is 1.22. The zero-order chi connectivity index (χ0) is 27.7. The average molecular weight is 543 g/mol. The molecule has 0 unspecified atom stereocenters. The number of fused-ring (bicyclic) bond motifs is 1. The van der Waals surface area contributed by atoms with Crippen molar-refractivity contribution in [2.45, 2.75) is 31.8 Å². The predicted octanol–water partition coefficient (Wildman–Crippen LogP) is 5.81. The Morgan fingerprint density at radius 3 is 2.17 bits per heavy atom. The molecule has 3 aromatic carbocycles. The van der Waals surface area contributed by atoms with Gasteiger partial charge in [0.05, 0.1) is 20.8 Å². The number of rotatable bonds is 12. The van der Waals surface area contributed by atoms with Crippen molar-refractivity contribution in [1.82, 2.24) is 15.1 Å². The summed E-state index contributed by atoms with van der Waals surface area (Å²) in [7, 11) is 5.07. The molecule has 1 aliphatic heterocycles. The van der Waals surface area contributed by atoms with E-state index in [0.29, 0.717) is 12.6 Å². The molecule has 1 aliphatic rings. The summed E-state index contributed by atoms with van der Waals surface area (Å²) in [5.41, 5.74) is 3.13. The zero-order valence-corrected chi connectivity index (χ0v) is 23.6. The van der Waals surface area contributed by atoms with Crippen molar-refractivity contribution < 1.29 is 18.9 Å². The van der Waals surface area contributed by atoms with E-state index in [0.717, 1.165) is 90.6 Å². The fourth-order valence-electron chi connectivity index (χ4n) is 5.10. The molecule has 0 radical (unpaired) electrons. The van der Waals surface area contributed by atoms with Crippen molar-refractivity contribution in [3.63, 3.8) is 0 Å². The molecule has 1 aromatic heterocycles. The van der Waals surface area contributed by atoms with Crippen molar-refractivity contribution in [1.29, 1.82) is 0 Å². The molecule has 210 valence electrons. The zero-order valence-electron chi connectivity index (χ0n) is 23.6. The van der Waals surface area contributed by atoms with Crippen LogP contribution in [0.3, 0.4) is 0 Å². The summed E-state index contributed by atoms with van der Waals surface area (Å²) in [6, 6.07) is 22.8. The monoisotopic (exact) mass is 542 g/mol. The van der Waals surface area contributed by atoms with Gasteiger partial charge < -0.3 is 24.3 Å². The summed E-state index contributed by atoms with van der Waals surface area (Å²) < 4.78 is 21.7. The lowest BCUT2D eigenvalue weighted by molar-refractivity contribution is 0.172. The Labute approximate surface area is 236 Å². The predicted molar refractivity (Wildman–Crippen MR) is 158 cm³/mol. The minimum atomic E-state index is 0.328. The number of nitrogens with one attached hydrogen (secondary N) is 1. The largest absolute Gasteiger partial charge is 0.497 e. The minimum Gasteiger partial charge on any atom is -0.497 e. The Bertz CT molecular complexity index is 1370. The van der Waals surface area contributed by atoms with Gasteiger partial charge in [-0.3, -0.25) is 4.90 Å². The maximum absolute atomic E-state index is 5.78. The molecule has 0 amide bonds. The Morgan fingerprint density at radius 1 is 0.775 bits per heavy atom. The molecule has 1 fully saturated rings. The highest BCUT2D eigenvalue weighted by Gasteiger charge is 2.21. The van der Waals surface area contributed by atoms with E-state index in [4.69, 9.17) is 18.9 Å². The molecule has 0 atom stereocenters. The van der Waals surface area contributed by atoms with Crippen LogP contribution in [0.2, 0.25) is 0 Å². The number of piperidine rings is 1. The Kier molecular flexibility index (Phi) is 9.31. The van der Waals surface area contributed by atoms with Crippen LogP contribution in [0.1, 0.15) is 24.8 Å². The molecule has 4 aromatic rings. The van der Waals surface area contributed by atoms with E-state index in [1.165, 1.54) is 5.56 Å². The van der Waals surface area contributed by atoms with Gasteiger partial charge in [0.2, 0.25) is 0 Å². The second-order valence-corrected chi connectivity index (χ2v) is 10.1. The van der Waals surface area contributed by atoms with Crippen molar-refractivity contribution >= 4 is 16.6 Å². The van der Waals surface area contributed by atoms with Gasteiger partial charge in [0.25, 0.3) is 0 Å². The molecule has 0 bridgehead atoms. The van der Waals surface area contributed by atoms with Crippen molar-refractivity contribution in [3.05, 3.63) is 72.3 Å². The quantitative estimate of drug-likeness (QED) is 0.225. The summed E-state index contributed by atoms with van der Waals surface area (Å²) in [6.45, 7) is 4.36. The second-order valence-electron chi connectivity index (χ2n) is 10.1. The average Bonchev–Trinajstić information content (AvgIpc) is 3.01. The Hall–Kier alpha value is -3.88. The number of benzene rings is 3. The van der Waals surface area contributed by atoms with Crippen LogP contribution < -0.4 is 19.5 Å². The summed E-state index contributed by atoms with van der Waals surface area (Å²) in [5.74, 6) is 3.31. The van der Waals surface area contributed by atoms with E-state index in [1.54, 1.807) is 21.3 Å². The van der Waals surface area contributed by atoms with Crippen LogP contribution in [0.4, 0.5) is 5.82 Å². The van der Waals surface area contributed by atoms with Crippen LogP contribution in [0.25, 0.3) is 22.0 Å². The van der Waals surface area contributed by atoms with Gasteiger partial charge >= 0.3 is 0 Å². The molecular formula is C32H38N4O4. The van der Waals surface area contributed by atoms with Gasteiger partial charge in [0.1, 0.15) is 22.9 Å². The fraction of sp³-hybridized carbons (Fsp3) is 0.375. The van der Waals surface area contributed by atoms with Crippen molar-refractivity contribution in [2.24, 2.45) is 0 Å². The topological polar surface area (TPSA) is 78.0 Å². The molecule has 0 aliphatic carbocycles. The molecule has 0 spiro atoms. The maximum atomic E-state index is 5.78. The number of likely N-dealkylation sites (tertiary alicyclic amines) is 1. The van der Waals surface area contributed by atoms with Crippen LogP contribution in [-0.2, 0) is 11.3 Å². The highest BCUT2D eigenvalue weighted by atomic mass is 16.5. The number of ether oxygens (including phenoxy) is 4. The third-order valence-electron chi connectivity index (χ3n) is 7.37. The van der Waals surface area contributed by atoms with E-state index >= 15 is 0 Å². The van der Waals surface area contributed by atoms with E-state index in [9.17, 15) is 0 Å². The number of nitrogens with zero attached hydrogens (tertiary/aromatic N) is 3. The molecule has 40 heavy (non-hydrogen) atoms. The first-order chi connectivity index (χ1) is 19.7. The van der Waals surface area contributed by atoms with E-state index in [1.807, 2.05) is 36.4 Å². The van der Waals surface area contributed by atoms with Gasteiger partial charge in [0, 0.05) is 62.1 Å². The fourth-order valence-corrected chi connectivity index (χ4v) is 5.10. The molecule has 1 saturated heterocycles. The van der Waals surface area contributed by atoms with Gasteiger partial charge in [-0.25, -0.2) is 0 Å². The molecule has 5 rings (SSSR count). The molecule has 8 nitrogen and oxygen atoms in total. The molecule has 2 heterocycles. The van der Waals surface area contributed by atoms with Crippen LogP contribution in [0, 0.1) is 0 Å². The normalized spacial score (nSPS) is 14.3. The highest BCUT2D eigenvalue weighted by molar-refractivity contribution is 6.00. The molecular weight excluding hydrogens is 504 g/mol. The summed E-state index contributed by atoms with van der Waals surface area (Å²) in [6.07, 6.45) is 2.96. The number of anilines is 1. The van der Waals surface area contributed by atoms with E-state index in [-0.39, 0.29) is 0 Å². The minimum absolute atomic E-state index is 0.328. The number of aromatic nitrogens is 2. The van der Waals surface area contributed by atoms with Gasteiger partial charge in [-0.05, 0) is 73.0 Å². The van der Waals surface area contributed by atoms with Crippen molar-refractivity contribution in [2.75, 3.05) is 52.9 Å². The lowest BCUT2D eigenvalue weighted by Gasteiger charge is -2.32. The summed E-state index contributed by atoms with van der Waals surface area (Å²) in [5, 5.41) is 15.0. The van der Waals surface area contributed by atoms with Gasteiger partial charge in [-0.2, -0.15) is 0 Å². The smallest absolute Gasteiger partial charge is 0.156 e. The van der Waals surface area contributed by atoms with Crippen LogP contribution >= 0.6 is 0 Å². The summed E-state index contributed by atoms with van der Waals surface area (Å²) in [4.78, 5) is 2.51. The third kappa shape index (κ3) is 6.81. The molecule has 8 heteroatoms. The first-order valence-corrected chi connectivity index (χ1v) is 13.8. The molecule has 0 saturated carbocycles. The summed E-state index contributed by atoms with van der Waals surface area (Å²) >= 11 is 0. The molecule has 1 N–H and O–H groups in total. The number of methoxy groups -OCH3 is 3. The van der Waals surface area contributed by atoms with Gasteiger partial charge in [-0.1, -0.05) is 12.1 Å². The first-order valence-electron chi connectivity index (χ1n) is 13.8. The maximum Gasteiger partial charge on any atom is 0.156 e. The van der Waals surface area contributed by atoms with Crippen LogP contribution in [0.15, 0.2) is 66.7 Å². The SMILES string of the molecule is COCCCOc1ccc(CN2CCC(Nc3nnc(-c4ccc(OC)cc4)c4ccc(OC)cc34)CC2)cc1. The first kappa shape index (κ1) is 27.7. The van der Waals surface area contributed by atoms with Crippen LogP contribution in [-0.4, -0.2) is 68.8 Å².